The summed E-state index contributed by atoms with van der Waals surface area (Å²) in [6.07, 6.45) is 0. The lowest BCUT2D eigenvalue weighted by atomic mass is 10.1. The van der Waals surface area contributed by atoms with E-state index >= 15 is 0 Å². The van der Waals surface area contributed by atoms with Crippen molar-refractivity contribution < 1.29 is 0 Å². The molecule has 0 atom stereocenters. The fraction of sp³-hybridized carbons (Fsp3) is 0.143. The number of rotatable bonds is 3. The van der Waals surface area contributed by atoms with Gasteiger partial charge in [0.25, 0.3) is 0 Å². The van der Waals surface area contributed by atoms with Gasteiger partial charge in [-0.3, -0.25) is 0 Å². The third-order valence-electron chi connectivity index (χ3n) is 4.19. The normalized spacial score (nSPS) is 11.4. The molecule has 0 amide bonds. The molecule has 0 bridgehead atoms. The number of nitrogens with zero attached hydrogens (tertiary/aromatic N) is 1. The quantitative estimate of drug-likeness (QED) is 0.411. The first-order valence-electron chi connectivity index (χ1n) is 7.99. The van der Waals surface area contributed by atoms with Crippen LogP contribution in [0.15, 0.2) is 72.8 Å². The summed E-state index contributed by atoms with van der Waals surface area (Å²) in [7, 11) is 0. The molecule has 0 unspecified atom stereocenters. The first kappa shape index (κ1) is 14.3. The standard InChI is InChI=1S/C21H19NS/c1-15(2)22(16-8-4-3-5-9-16)17-12-13-19-18-10-6-7-11-20(18)23-21(19)14-17/h3-15H,1-2H3. The second kappa shape index (κ2) is 5.71. The molecule has 4 rings (SSSR count). The number of fused-ring (bicyclic) bond motifs is 3. The van der Waals surface area contributed by atoms with E-state index in [4.69, 9.17) is 0 Å². The summed E-state index contributed by atoms with van der Waals surface area (Å²) >= 11 is 1.87. The number of para-hydroxylation sites is 1. The van der Waals surface area contributed by atoms with Gasteiger partial charge >= 0.3 is 0 Å². The molecular weight excluding hydrogens is 298 g/mol. The summed E-state index contributed by atoms with van der Waals surface area (Å²) in [5, 5.41) is 2.71. The zero-order valence-electron chi connectivity index (χ0n) is 13.4. The Morgan fingerprint density at radius 2 is 1.39 bits per heavy atom. The summed E-state index contributed by atoms with van der Waals surface area (Å²) < 4.78 is 2.71. The van der Waals surface area contributed by atoms with Gasteiger partial charge in [0.2, 0.25) is 0 Å². The topological polar surface area (TPSA) is 3.24 Å². The van der Waals surface area contributed by atoms with Gasteiger partial charge in [-0.15, -0.1) is 11.3 Å². The van der Waals surface area contributed by atoms with Crippen molar-refractivity contribution >= 4 is 42.9 Å². The fourth-order valence-electron chi connectivity index (χ4n) is 3.20. The van der Waals surface area contributed by atoms with E-state index in [1.807, 2.05) is 11.3 Å². The highest BCUT2D eigenvalue weighted by Crippen LogP contribution is 2.37. The van der Waals surface area contributed by atoms with Crippen LogP contribution in [0.25, 0.3) is 20.2 Å². The van der Waals surface area contributed by atoms with Crippen LogP contribution in [0.3, 0.4) is 0 Å². The molecule has 0 saturated carbocycles. The second-order valence-corrected chi connectivity index (χ2v) is 7.16. The SMILES string of the molecule is CC(C)N(c1ccccc1)c1ccc2c(c1)sc1ccccc12. The molecule has 0 radical (unpaired) electrons. The molecule has 0 aliphatic heterocycles. The molecule has 1 heterocycles. The molecule has 2 heteroatoms. The molecule has 0 fully saturated rings. The van der Waals surface area contributed by atoms with Crippen LogP contribution in [-0.4, -0.2) is 6.04 Å². The lowest BCUT2D eigenvalue weighted by Gasteiger charge is -2.29. The smallest absolute Gasteiger partial charge is 0.0427 e. The number of thiophene rings is 1. The predicted octanol–water partition coefficient (Wildman–Crippen LogP) is 6.60. The highest BCUT2D eigenvalue weighted by Gasteiger charge is 2.14. The van der Waals surface area contributed by atoms with Crippen molar-refractivity contribution in [1.29, 1.82) is 0 Å². The Bertz CT molecular complexity index is 953. The molecule has 0 aliphatic carbocycles. The Labute approximate surface area is 140 Å². The molecule has 0 spiro atoms. The molecule has 23 heavy (non-hydrogen) atoms. The first-order valence-corrected chi connectivity index (χ1v) is 8.81. The van der Waals surface area contributed by atoms with Crippen molar-refractivity contribution in [1.82, 2.24) is 0 Å². The number of anilines is 2. The summed E-state index contributed by atoms with van der Waals surface area (Å²) in [4.78, 5) is 2.39. The van der Waals surface area contributed by atoms with Crippen molar-refractivity contribution in [2.75, 3.05) is 4.90 Å². The Kier molecular flexibility index (Phi) is 3.55. The summed E-state index contributed by atoms with van der Waals surface area (Å²) in [6.45, 7) is 4.48. The molecule has 1 aromatic heterocycles. The number of hydrogen-bond acceptors (Lipinski definition) is 2. The maximum absolute atomic E-state index is 2.39. The molecular formula is C21H19NS. The third kappa shape index (κ3) is 2.49. The van der Waals surface area contributed by atoms with E-state index in [-0.39, 0.29) is 0 Å². The molecule has 0 N–H and O–H groups in total. The van der Waals surface area contributed by atoms with Gasteiger partial charge in [-0.05, 0) is 44.2 Å². The monoisotopic (exact) mass is 317 g/mol. The average molecular weight is 317 g/mol. The van der Waals surface area contributed by atoms with E-state index in [9.17, 15) is 0 Å². The molecule has 1 nitrogen and oxygen atoms in total. The van der Waals surface area contributed by atoms with Crippen molar-refractivity contribution in [3.05, 3.63) is 72.8 Å². The zero-order chi connectivity index (χ0) is 15.8. The maximum atomic E-state index is 2.39. The van der Waals surface area contributed by atoms with E-state index in [1.165, 1.54) is 31.5 Å². The molecule has 0 aliphatic rings. The van der Waals surface area contributed by atoms with E-state index < -0.39 is 0 Å². The Balaban J connectivity index is 1.88. The van der Waals surface area contributed by atoms with E-state index in [0.29, 0.717) is 6.04 Å². The van der Waals surface area contributed by atoms with Crippen molar-refractivity contribution in [3.63, 3.8) is 0 Å². The molecule has 3 aromatic carbocycles. The highest BCUT2D eigenvalue weighted by atomic mass is 32.1. The van der Waals surface area contributed by atoms with Gasteiger partial charge in [-0.25, -0.2) is 0 Å². The van der Waals surface area contributed by atoms with Gasteiger partial charge in [0.1, 0.15) is 0 Å². The summed E-state index contributed by atoms with van der Waals surface area (Å²) in [5.41, 5.74) is 2.49. The van der Waals surface area contributed by atoms with Gasteiger partial charge in [0.15, 0.2) is 0 Å². The Morgan fingerprint density at radius 1 is 0.696 bits per heavy atom. The lowest BCUT2D eigenvalue weighted by molar-refractivity contribution is 0.789. The van der Waals surface area contributed by atoms with Gasteiger partial charge in [0, 0.05) is 37.6 Å². The van der Waals surface area contributed by atoms with Crippen molar-refractivity contribution in [2.24, 2.45) is 0 Å². The van der Waals surface area contributed by atoms with Gasteiger partial charge in [0.05, 0.1) is 0 Å². The van der Waals surface area contributed by atoms with Crippen LogP contribution in [0.4, 0.5) is 11.4 Å². The second-order valence-electron chi connectivity index (χ2n) is 6.08. The number of benzene rings is 3. The van der Waals surface area contributed by atoms with Crippen LogP contribution in [0.1, 0.15) is 13.8 Å². The maximum Gasteiger partial charge on any atom is 0.0427 e. The van der Waals surface area contributed by atoms with Crippen molar-refractivity contribution in [2.45, 2.75) is 19.9 Å². The number of hydrogen-bond donors (Lipinski definition) is 0. The van der Waals surface area contributed by atoms with Crippen LogP contribution >= 0.6 is 11.3 Å². The predicted molar refractivity (Wildman–Crippen MR) is 103 cm³/mol. The lowest BCUT2D eigenvalue weighted by Crippen LogP contribution is -2.25. The molecule has 4 aromatic rings. The van der Waals surface area contributed by atoms with Crippen LogP contribution < -0.4 is 4.90 Å². The van der Waals surface area contributed by atoms with E-state index in [0.717, 1.165) is 0 Å². The van der Waals surface area contributed by atoms with Crippen LogP contribution in [0.2, 0.25) is 0 Å². The van der Waals surface area contributed by atoms with Crippen molar-refractivity contribution in [3.8, 4) is 0 Å². The Hall–Kier alpha value is -2.32. The molecule has 0 saturated heterocycles. The molecule has 114 valence electrons. The van der Waals surface area contributed by atoms with Crippen LogP contribution in [0, 0.1) is 0 Å². The van der Waals surface area contributed by atoms with Gasteiger partial charge in [-0.1, -0.05) is 42.5 Å². The van der Waals surface area contributed by atoms with Crippen LogP contribution in [0.5, 0.6) is 0 Å². The average Bonchev–Trinajstić information content (AvgIpc) is 2.93. The van der Waals surface area contributed by atoms with Gasteiger partial charge in [-0.2, -0.15) is 0 Å². The minimum absolute atomic E-state index is 0.407. The van der Waals surface area contributed by atoms with Gasteiger partial charge < -0.3 is 4.90 Å². The zero-order valence-corrected chi connectivity index (χ0v) is 14.2. The van der Waals surface area contributed by atoms with E-state index in [2.05, 4.69) is 91.5 Å². The minimum atomic E-state index is 0.407. The minimum Gasteiger partial charge on any atom is -0.339 e. The Morgan fingerprint density at radius 3 is 2.17 bits per heavy atom. The highest BCUT2D eigenvalue weighted by molar-refractivity contribution is 7.25. The first-order chi connectivity index (χ1) is 11.2. The summed E-state index contributed by atoms with van der Waals surface area (Å²) in [5.74, 6) is 0. The third-order valence-corrected chi connectivity index (χ3v) is 5.32. The van der Waals surface area contributed by atoms with E-state index in [1.54, 1.807) is 0 Å². The summed E-state index contributed by atoms with van der Waals surface area (Å²) in [6, 6.07) is 26.5. The fourth-order valence-corrected chi connectivity index (χ4v) is 4.34. The largest absolute Gasteiger partial charge is 0.339 e. The van der Waals surface area contributed by atoms with Crippen LogP contribution in [-0.2, 0) is 0 Å².